The summed E-state index contributed by atoms with van der Waals surface area (Å²) in [6, 6.07) is 7.98. The van der Waals surface area contributed by atoms with Crippen LogP contribution in [0.5, 0.6) is 0 Å². The van der Waals surface area contributed by atoms with Gasteiger partial charge in [0.25, 0.3) is 0 Å². The summed E-state index contributed by atoms with van der Waals surface area (Å²) in [4.78, 5) is 2.59. The quantitative estimate of drug-likeness (QED) is 0.722. The van der Waals surface area contributed by atoms with Gasteiger partial charge in [0.1, 0.15) is 0 Å². The first kappa shape index (κ1) is 18.2. The molecule has 120 valence electrons. The van der Waals surface area contributed by atoms with E-state index in [1.807, 2.05) is 0 Å². The number of hydrogen-bond acceptors (Lipinski definition) is 2. The van der Waals surface area contributed by atoms with E-state index in [1.54, 1.807) is 0 Å². The summed E-state index contributed by atoms with van der Waals surface area (Å²) in [6.07, 6.45) is 2.39. The van der Waals surface area contributed by atoms with Gasteiger partial charge in [0, 0.05) is 18.6 Å². The molecule has 1 rings (SSSR count). The number of aryl methyl sites for hydroxylation is 2. The SMILES string of the molecule is CCCNC(CN(CC)C(C)CC)c1ccc(C)c(C)c1. The standard InChI is InChI=1S/C19H34N2/c1-7-12-20-19(14-21(9-3)17(6)8-2)18-11-10-15(4)16(5)13-18/h10-11,13,17,19-20H,7-9,12,14H2,1-6H3. The van der Waals surface area contributed by atoms with Gasteiger partial charge in [-0.1, -0.05) is 39.0 Å². The molecule has 0 bridgehead atoms. The molecule has 2 nitrogen and oxygen atoms in total. The summed E-state index contributed by atoms with van der Waals surface area (Å²) in [5.74, 6) is 0. The number of nitrogens with zero attached hydrogens (tertiary/aromatic N) is 1. The van der Waals surface area contributed by atoms with Crippen LogP contribution in [0.1, 0.15) is 63.3 Å². The Morgan fingerprint density at radius 2 is 1.81 bits per heavy atom. The third-order valence-corrected chi connectivity index (χ3v) is 4.61. The third kappa shape index (κ3) is 5.44. The van der Waals surface area contributed by atoms with Crippen molar-refractivity contribution in [2.75, 3.05) is 19.6 Å². The Labute approximate surface area is 131 Å². The summed E-state index contributed by atoms with van der Waals surface area (Å²) < 4.78 is 0. The van der Waals surface area contributed by atoms with E-state index in [-0.39, 0.29) is 0 Å². The van der Waals surface area contributed by atoms with Crippen LogP contribution >= 0.6 is 0 Å². The maximum atomic E-state index is 3.73. The van der Waals surface area contributed by atoms with Gasteiger partial charge in [0.15, 0.2) is 0 Å². The van der Waals surface area contributed by atoms with Crippen LogP contribution in [0.2, 0.25) is 0 Å². The second-order valence-corrected chi connectivity index (χ2v) is 6.20. The third-order valence-electron chi connectivity index (χ3n) is 4.61. The second kappa shape index (κ2) is 9.22. The molecule has 0 spiro atoms. The predicted octanol–water partition coefficient (Wildman–Crippen LogP) is 4.46. The number of nitrogens with one attached hydrogen (secondary N) is 1. The zero-order valence-electron chi connectivity index (χ0n) is 14.9. The molecule has 1 N–H and O–H groups in total. The molecule has 21 heavy (non-hydrogen) atoms. The van der Waals surface area contributed by atoms with Gasteiger partial charge in [-0.05, 0) is 63.4 Å². The Hall–Kier alpha value is -0.860. The van der Waals surface area contributed by atoms with E-state index in [9.17, 15) is 0 Å². The van der Waals surface area contributed by atoms with Crippen molar-refractivity contribution in [3.05, 3.63) is 34.9 Å². The number of rotatable bonds is 9. The highest BCUT2D eigenvalue weighted by Gasteiger charge is 2.18. The van der Waals surface area contributed by atoms with Crippen LogP contribution in [-0.2, 0) is 0 Å². The second-order valence-electron chi connectivity index (χ2n) is 6.20. The van der Waals surface area contributed by atoms with Gasteiger partial charge in [-0.25, -0.2) is 0 Å². The Morgan fingerprint density at radius 3 is 2.33 bits per heavy atom. The molecule has 0 aliphatic rings. The summed E-state index contributed by atoms with van der Waals surface area (Å²) >= 11 is 0. The van der Waals surface area contributed by atoms with Crippen LogP contribution < -0.4 is 5.32 Å². The van der Waals surface area contributed by atoms with Crippen LogP contribution in [-0.4, -0.2) is 30.6 Å². The van der Waals surface area contributed by atoms with Crippen LogP contribution in [0.15, 0.2) is 18.2 Å². The number of likely N-dealkylation sites (N-methyl/N-ethyl adjacent to an activating group) is 1. The molecule has 0 aromatic heterocycles. The van der Waals surface area contributed by atoms with Crippen LogP contribution in [0.25, 0.3) is 0 Å². The van der Waals surface area contributed by atoms with Gasteiger partial charge >= 0.3 is 0 Å². The molecular weight excluding hydrogens is 256 g/mol. The van der Waals surface area contributed by atoms with Gasteiger partial charge in [0.05, 0.1) is 0 Å². The first-order valence-electron chi connectivity index (χ1n) is 8.57. The molecule has 0 aliphatic heterocycles. The normalized spacial score (nSPS) is 14.4. The van der Waals surface area contributed by atoms with E-state index < -0.39 is 0 Å². The fourth-order valence-electron chi connectivity index (χ4n) is 2.70. The maximum Gasteiger partial charge on any atom is 0.0449 e. The fourth-order valence-corrected chi connectivity index (χ4v) is 2.70. The van der Waals surface area contributed by atoms with E-state index in [0.717, 1.165) is 19.6 Å². The topological polar surface area (TPSA) is 15.3 Å². The van der Waals surface area contributed by atoms with Gasteiger partial charge < -0.3 is 5.32 Å². The highest BCUT2D eigenvalue weighted by Crippen LogP contribution is 2.20. The summed E-state index contributed by atoms with van der Waals surface area (Å²) in [5.41, 5.74) is 4.19. The zero-order chi connectivity index (χ0) is 15.8. The molecule has 0 radical (unpaired) electrons. The minimum Gasteiger partial charge on any atom is -0.309 e. The summed E-state index contributed by atoms with van der Waals surface area (Å²) in [5, 5.41) is 3.73. The van der Waals surface area contributed by atoms with Gasteiger partial charge in [-0.15, -0.1) is 0 Å². The highest BCUT2D eigenvalue weighted by molar-refractivity contribution is 5.32. The lowest BCUT2D eigenvalue weighted by molar-refractivity contribution is 0.191. The van der Waals surface area contributed by atoms with E-state index in [2.05, 4.69) is 70.0 Å². The monoisotopic (exact) mass is 290 g/mol. The van der Waals surface area contributed by atoms with Crippen molar-refractivity contribution in [1.82, 2.24) is 10.2 Å². The number of benzene rings is 1. The molecule has 1 aromatic carbocycles. The Morgan fingerprint density at radius 1 is 1.10 bits per heavy atom. The molecule has 0 saturated heterocycles. The minimum atomic E-state index is 0.429. The number of hydrogen-bond donors (Lipinski definition) is 1. The average molecular weight is 290 g/mol. The lowest BCUT2D eigenvalue weighted by Crippen LogP contribution is -2.40. The summed E-state index contributed by atoms with van der Waals surface area (Å²) in [7, 11) is 0. The molecule has 2 unspecified atom stereocenters. The van der Waals surface area contributed by atoms with E-state index in [0.29, 0.717) is 12.1 Å². The lowest BCUT2D eigenvalue weighted by Gasteiger charge is -2.32. The molecule has 2 atom stereocenters. The molecule has 1 aromatic rings. The van der Waals surface area contributed by atoms with Crippen molar-refractivity contribution in [3.63, 3.8) is 0 Å². The first-order valence-corrected chi connectivity index (χ1v) is 8.57. The van der Waals surface area contributed by atoms with Crippen LogP contribution in [0.3, 0.4) is 0 Å². The average Bonchev–Trinajstić information content (AvgIpc) is 2.49. The van der Waals surface area contributed by atoms with Crippen LogP contribution in [0, 0.1) is 13.8 Å². The smallest absolute Gasteiger partial charge is 0.0449 e. The van der Waals surface area contributed by atoms with Crippen molar-refractivity contribution in [2.45, 2.75) is 66.5 Å². The van der Waals surface area contributed by atoms with Gasteiger partial charge in [-0.2, -0.15) is 0 Å². The van der Waals surface area contributed by atoms with Gasteiger partial charge in [0.2, 0.25) is 0 Å². The Bertz CT molecular complexity index is 414. The Kier molecular flexibility index (Phi) is 7.98. The molecule has 0 aliphatic carbocycles. The summed E-state index contributed by atoms with van der Waals surface area (Å²) in [6.45, 7) is 16.8. The van der Waals surface area contributed by atoms with E-state index in [4.69, 9.17) is 0 Å². The molecular formula is C19H34N2. The van der Waals surface area contributed by atoms with Crippen molar-refractivity contribution in [3.8, 4) is 0 Å². The molecule has 0 amide bonds. The molecule has 0 heterocycles. The van der Waals surface area contributed by atoms with E-state index >= 15 is 0 Å². The van der Waals surface area contributed by atoms with Gasteiger partial charge in [-0.3, -0.25) is 4.90 Å². The predicted molar refractivity (Wildman–Crippen MR) is 94.0 cm³/mol. The van der Waals surface area contributed by atoms with Crippen molar-refractivity contribution in [2.24, 2.45) is 0 Å². The van der Waals surface area contributed by atoms with Crippen LogP contribution in [0.4, 0.5) is 0 Å². The maximum absolute atomic E-state index is 3.73. The van der Waals surface area contributed by atoms with Crippen molar-refractivity contribution >= 4 is 0 Å². The van der Waals surface area contributed by atoms with Crippen molar-refractivity contribution in [1.29, 1.82) is 0 Å². The molecule has 0 saturated carbocycles. The Balaban J connectivity index is 2.90. The first-order chi connectivity index (χ1) is 10.0. The zero-order valence-corrected chi connectivity index (χ0v) is 14.9. The molecule has 0 fully saturated rings. The van der Waals surface area contributed by atoms with Crippen molar-refractivity contribution < 1.29 is 0 Å². The highest BCUT2D eigenvalue weighted by atomic mass is 15.2. The minimum absolute atomic E-state index is 0.429. The fraction of sp³-hybridized carbons (Fsp3) is 0.684. The largest absolute Gasteiger partial charge is 0.309 e. The molecule has 2 heteroatoms. The lowest BCUT2D eigenvalue weighted by atomic mass is 10.00. The van der Waals surface area contributed by atoms with E-state index in [1.165, 1.54) is 29.5 Å².